The minimum atomic E-state index is -0.433. The maximum atomic E-state index is 12.2. The maximum Gasteiger partial charge on any atom is 0.291 e. The van der Waals surface area contributed by atoms with Gasteiger partial charge >= 0.3 is 0 Å². The summed E-state index contributed by atoms with van der Waals surface area (Å²) >= 11 is 3.13. The summed E-state index contributed by atoms with van der Waals surface area (Å²) in [5.41, 5.74) is 0.397. The molecule has 138 valence electrons. The number of carbonyl (C=O) groups is 3. The van der Waals surface area contributed by atoms with E-state index >= 15 is 0 Å². The summed E-state index contributed by atoms with van der Waals surface area (Å²) in [4.78, 5) is 36.0. The molecule has 0 unspecified atom stereocenters. The van der Waals surface area contributed by atoms with Gasteiger partial charge in [-0.3, -0.25) is 14.4 Å². The summed E-state index contributed by atoms with van der Waals surface area (Å²) in [5.74, 6) is -0.979. The van der Waals surface area contributed by atoms with Crippen LogP contribution in [-0.4, -0.2) is 29.8 Å². The lowest BCUT2D eigenvalue weighted by molar-refractivity contribution is -0.121. The van der Waals surface area contributed by atoms with E-state index in [0.29, 0.717) is 15.9 Å². The van der Waals surface area contributed by atoms with Crippen LogP contribution in [0.15, 0.2) is 45.5 Å². The van der Waals surface area contributed by atoms with Gasteiger partial charge in [0, 0.05) is 16.8 Å². The van der Waals surface area contributed by atoms with E-state index in [1.807, 2.05) is 20.8 Å². The number of hydrogen-bond acceptors (Lipinski definition) is 4. The maximum absolute atomic E-state index is 12.2. The van der Waals surface area contributed by atoms with Crippen LogP contribution in [0.3, 0.4) is 0 Å². The average molecular weight is 422 g/mol. The first-order valence-electron chi connectivity index (χ1n) is 7.90. The van der Waals surface area contributed by atoms with Crippen molar-refractivity contribution in [2.24, 2.45) is 0 Å². The first-order chi connectivity index (χ1) is 12.1. The Labute approximate surface area is 159 Å². The number of rotatable bonds is 5. The third kappa shape index (κ3) is 6.03. The lowest BCUT2D eigenvalue weighted by Crippen LogP contribution is -2.45. The van der Waals surface area contributed by atoms with Crippen LogP contribution in [0, 0.1) is 0 Å². The first-order valence-corrected chi connectivity index (χ1v) is 8.69. The fourth-order valence-corrected chi connectivity index (χ4v) is 2.40. The molecule has 0 aliphatic rings. The summed E-state index contributed by atoms with van der Waals surface area (Å²) in [6, 6.07) is 9.55. The van der Waals surface area contributed by atoms with Crippen LogP contribution >= 0.6 is 15.9 Å². The standard InChI is InChI=1S/C18H20BrN3O4/c1-18(2,3)22-15(23)10-20-16(24)11-5-4-6-12(9-11)21-17(25)13-7-8-14(19)26-13/h4-9H,10H2,1-3H3,(H,20,24)(H,21,25)(H,22,23). The van der Waals surface area contributed by atoms with Gasteiger partial charge in [-0.2, -0.15) is 0 Å². The summed E-state index contributed by atoms with van der Waals surface area (Å²) in [6.07, 6.45) is 0. The normalized spacial score (nSPS) is 10.9. The number of anilines is 1. The van der Waals surface area contributed by atoms with Crippen molar-refractivity contribution in [3.05, 3.63) is 52.4 Å². The van der Waals surface area contributed by atoms with E-state index in [1.54, 1.807) is 24.3 Å². The molecule has 0 aliphatic heterocycles. The highest BCUT2D eigenvalue weighted by atomic mass is 79.9. The van der Waals surface area contributed by atoms with E-state index in [4.69, 9.17) is 4.42 Å². The molecule has 0 fully saturated rings. The molecule has 8 heteroatoms. The third-order valence-electron chi connectivity index (χ3n) is 3.10. The molecule has 2 aromatic rings. The van der Waals surface area contributed by atoms with Gasteiger partial charge in [0.25, 0.3) is 11.8 Å². The van der Waals surface area contributed by atoms with Gasteiger partial charge in [0.1, 0.15) is 0 Å². The number of benzene rings is 1. The SMILES string of the molecule is CC(C)(C)NC(=O)CNC(=O)c1cccc(NC(=O)c2ccc(Br)o2)c1. The zero-order valence-corrected chi connectivity index (χ0v) is 16.3. The minimum Gasteiger partial charge on any atom is -0.444 e. The molecule has 1 aromatic carbocycles. The van der Waals surface area contributed by atoms with Crippen molar-refractivity contribution in [3.63, 3.8) is 0 Å². The molecule has 0 bridgehead atoms. The van der Waals surface area contributed by atoms with Gasteiger partial charge in [-0.25, -0.2) is 0 Å². The molecule has 0 atom stereocenters. The molecule has 0 saturated carbocycles. The molecule has 3 amide bonds. The number of carbonyl (C=O) groups excluding carboxylic acids is 3. The van der Waals surface area contributed by atoms with Crippen molar-refractivity contribution in [1.82, 2.24) is 10.6 Å². The number of nitrogens with one attached hydrogen (secondary N) is 3. The molecule has 2 rings (SSSR count). The molecule has 0 spiro atoms. The second-order valence-corrected chi connectivity index (χ2v) is 7.40. The van der Waals surface area contributed by atoms with E-state index in [2.05, 4.69) is 31.9 Å². The minimum absolute atomic E-state index is 0.132. The van der Waals surface area contributed by atoms with Crippen LogP contribution in [0.25, 0.3) is 0 Å². The number of hydrogen-bond donors (Lipinski definition) is 3. The topological polar surface area (TPSA) is 100 Å². The number of halogens is 1. The summed E-state index contributed by atoms with van der Waals surface area (Å²) in [5, 5.41) is 7.96. The van der Waals surface area contributed by atoms with Gasteiger partial charge in [0.15, 0.2) is 10.4 Å². The van der Waals surface area contributed by atoms with Crippen LogP contribution in [-0.2, 0) is 4.79 Å². The molecule has 0 aliphatic carbocycles. The van der Waals surface area contributed by atoms with Gasteiger partial charge in [-0.05, 0) is 67.0 Å². The van der Waals surface area contributed by atoms with Crippen molar-refractivity contribution in [2.45, 2.75) is 26.3 Å². The Morgan fingerprint density at radius 1 is 1.08 bits per heavy atom. The van der Waals surface area contributed by atoms with E-state index in [1.165, 1.54) is 12.1 Å². The molecule has 7 nitrogen and oxygen atoms in total. The quantitative estimate of drug-likeness (QED) is 0.690. The molecule has 0 radical (unpaired) electrons. The fraction of sp³-hybridized carbons (Fsp3) is 0.278. The highest BCUT2D eigenvalue weighted by Crippen LogP contribution is 2.17. The van der Waals surface area contributed by atoms with Crippen LogP contribution in [0.1, 0.15) is 41.7 Å². The van der Waals surface area contributed by atoms with Gasteiger partial charge in [-0.1, -0.05) is 6.07 Å². The zero-order valence-electron chi connectivity index (χ0n) is 14.7. The van der Waals surface area contributed by atoms with E-state index < -0.39 is 11.8 Å². The van der Waals surface area contributed by atoms with Gasteiger partial charge in [0.05, 0.1) is 6.54 Å². The first kappa shape index (κ1) is 19.7. The molecular weight excluding hydrogens is 402 g/mol. The lowest BCUT2D eigenvalue weighted by atomic mass is 10.1. The molecule has 3 N–H and O–H groups in total. The number of furan rings is 1. The van der Waals surface area contributed by atoms with Crippen LogP contribution in [0.4, 0.5) is 5.69 Å². The Morgan fingerprint density at radius 3 is 2.42 bits per heavy atom. The fourth-order valence-electron chi connectivity index (χ4n) is 2.09. The van der Waals surface area contributed by atoms with E-state index in [9.17, 15) is 14.4 Å². The van der Waals surface area contributed by atoms with Gasteiger partial charge in [0.2, 0.25) is 5.91 Å². The molecule has 1 heterocycles. The molecular formula is C18H20BrN3O4. The smallest absolute Gasteiger partial charge is 0.291 e. The van der Waals surface area contributed by atoms with Crippen molar-refractivity contribution in [1.29, 1.82) is 0 Å². The summed E-state index contributed by atoms with van der Waals surface area (Å²) in [6.45, 7) is 5.44. The Morgan fingerprint density at radius 2 is 1.81 bits per heavy atom. The van der Waals surface area contributed by atoms with Crippen molar-refractivity contribution in [3.8, 4) is 0 Å². The third-order valence-corrected chi connectivity index (χ3v) is 3.53. The molecule has 26 heavy (non-hydrogen) atoms. The van der Waals surface area contributed by atoms with E-state index in [-0.39, 0.29) is 23.8 Å². The average Bonchev–Trinajstić information content (AvgIpc) is 2.98. The predicted molar refractivity (Wildman–Crippen MR) is 101 cm³/mol. The van der Waals surface area contributed by atoms with Crippen LogP contribution in [0.2, 0.25) is 0 Å². The Kier molecular flexibility index (Phi) is 6.20. The highest BCUT2D eigenvalue weighted by molar-refractivity contribution is 9.10. The zero-order chi connectivity index (χ0) is 19.3. The van der Waals surface area contributed by atoms with Crippen molar-refractivity contribution in [2.75, 3.05) is 11.9 Å². The Bertz CT molecular complexity index is 824. The summed E-state index contributed by atoms with van der Waals surface area (Å²) in [7, 11) is 0. The van der Waals surface area contributed by atoms with Crippen LogP contribution in [0.5, 0.6) is 0 Å². The van der Waals surface area contributed by atoms with Crippen molar-refractivity contribution >= 4 is 39.3 Å². The monoisotopic (exact) mass is 421 g/mol. The van der Waals surface area contributed by atoms with Gasteiger partial charge < -0.3 is 20.4 Å². The van der Waals surface area contributed by atoms with Gasteiger partial charge in [-0.15, -0.1) is 0 Å². The second-order valence-electron chi connectivity index (χ2n) is 6.62. The largest absolute Gasteiger partial charge is 0.444 e. The molecule has 0 saturated heterocycles. The lowest BCUT2D eigenvalue weighted by Gasteiger charge is -2.20. The number of amides is 3. The Hall–Kier alpha value is -2.61. The Balaban J connectivity index is 1.96. The molecule has 1 aromatic heterocycles. The van der Waals surface area contributed by atoms with Crippen LogP contribution < -0.4 is 16.0 Å². The highest BCUT2D eigenvalue weighted by Gasteiger charge is 2.15. The second kappa shape index (κ2) is 8.18. The predicted octanol–water partition coefficient (Wildman–Crippen LogP) is 2.94. The van der Waals surface area contributed by atoms with E-state index in [0.717, 1.165) is 0 Å². The summed E-state index contributed by atoms with van der Waals surface area (Å²) < 4.78 is 5.63. The van der Waals surface area contributed by atoms with Crippen molar-refractivity contribution < 1.29 is 18.8 Å².